The summed E-state index contributed by atoms with van der Waals surface area (Å²) in [7, 11) is -2.50. The molecule has 1 atom stereocenters. The van der Waals surface area contributed by atoms with Crippen LogP contribution in [-0.4, -0.2) is 51.0 Å². The van der Waals surface area contributed by atoms with Crippen LogP contribution < -0.4 is 9.62 Å². The highest BCUT2D eigenvalue weighted by Gasteiger charge is 2.33. The SMILES string of the molecule is CNC(=O)[C@H](Cc1ccccc1)N(Cc1ccc(C)cc1)C(=O)CN(c1cc(Cl)c(Cl)cc1Cl)S(C)(=O)=O. The summed E-state index contributed by atoms with van der Waals surface area (Å²) in [4.78, 5) is 28.4. The zero-order chi connectivity index (χ0) is 28.0. The molecule has 38 heavy (non-hydrogen) atoms. The van der Waals surface area contributed by atoms with Crippen LogP contribution in [0.1, 0.15) is 16.7 Å². The van der Waals surface area contributed by atoms with E-state index < -0.39 is 28.5 Å². The Morgan fingerprint density at radius 2 is 1.50 bits per heavy atom. The number of nitrogens with one attached hydrogen (secondary N) is 1. The molecule has 11 heteroatoms. The summed E-state index contributed by atoms with van der Waals surface area (Å²) in [6, 6.07) is 18.5. The quantitative estimate of drug-likeness (QED) is 0.330. The Morgan fingerprint density at radius 3 is 2.08 bits per heavy atom. The van der Waals surface area contributed by atoms with Crippen molar-refractivity contribution in [2.24, 2.45) is 0 Å². The Bertz CT molecular complexity index is 1400. The molecule has 0 aliphatic rings. The standard InChI is InChI=1S/C27H28Cl3N3O4S/c1-18-9-11-20(12-10-18)16-32(25(27(35)31-2)13-19-7-5-4-6-8-19)26(34)17-33(38(3,36)37)24-15-22(29)21(28)14-23(24)30/h4-12,14-15,25H,13,16-17H2,1-3H3,(H,31,35)/t25-/m0/s1. The number of carbonyl (C=O) groups is 2. The Balaban J connectivity index is 2.06. The molecule has 0 saturated heterocycles. The van der Waals surface area contributed by atoms with Gasteiger partial charge in [-0.1, -0.05) is 95.0 Å². The van der Waals surface area contributed by atoms with Gasteiger partial charge in [-0.2, -0.15) is 0 Å². The van der Waals surface area contributed by atoms with Crippen molar-refractivity contribution < 1.29 is 18.0 Å². The normalized spacial score (nSPS) is 12.1. The highest BCUT2D eigenvalue weighted by Crippen LogP contribution is 2.35. The number of likely N-dealkylation sites (N-methyl/N-ethyl adjacent to an activating group) is 1. The van der Waals surface area contributed by atoms with Crippen molar-refractivity contribution in [3.63, 3.8) is 0 Å². The van der Waals surface area contributed by atoms with Gasteiger partial charge in [0.05, 0.1) is 27.0 Å². The first-order valence-electron chi connectivity index (χ1n) is 11.6. The summed E-state index contributed by atoms with van der Waals surface area (Å²) in [5.41, 5.74) is 2.67. The molecule has 0 fully saturated rings. The van der Waals surface area contributed by atoms with Gasteiger partial charge in [0.2, 0.25) is 21.8 Å². The third-order valence-corrected chi connectivity index (χ3v) is 8.08. The predicted molar refractivity (Wildman–Crippen MR) is 153 cm³/mol. The van der Waals surface area contributed by atoms with E-state index in [1.54, 1.807) is 0 Å². The number of nitrogens with zero attached hydrogens (tertiary/aromatic N) is 2. The van der Waals surface area contributed by atoms with E-state index in [0.29, 0.717) is 0 Å². The Kier molecular flexibility index (Phi) is 10.1. The van der Waals surface area contributed by atoms with Crippen LogP contribution in [0.4, 0.5) is 5.69 Å². The molecule has 3 aromatic carbocycles. The molecule has 202 valence electrons. The first-order chi connectivity index (χ1) is 17.9. The lowest BCUT2D eigenvalue weighted by atomic mass is 10.0. The number of sulfonamides is 1. The third kappa shape index (κ3) is 7.63. The smallest absolute Gasteiger partial charge is 0.244 e. The van der Waals surface area contributed by atoms with Gasteiger partial charge in [0.15, 0.2) is 0 Å². The van der Waals surface area contributed by atoms with Gasteiger partial charge in [0.25, 0.3) is 0 Å². The Morgan fingerprint density at radius 1 is 0.895 bits per heavy atom. The van der Waals surface area contributed by atoms with Crippen LogP contribution in [-0.2, 0) is 32.6 Å². The van der Waals surface area contributed by atoms with Gasteiger partial charge in [-0.25, -0.2) is 8.42 Å². The summed E-state index contributed by atoms with van der Waals surface area (Å²) in [5, 5.41) is 2.87. The van der Waals surface area contributed by atoms with Gasteiger partial charge < -0.3 is 10.2 Å². The van der Waals surface area contributed by atoms with Gasteiger partial charge in [-0.05, 0) is 30.2 Å². The fourth-order valence-electron chi connectivity index (χ4n) is 3.91. The number of halogens is 3. The summed E-state index contributed by atoms with van der Waals surface area (Å²) in [6.07, 6.45) is 1.19. The third-order valence-electron chi connectivity index (χ3n) is 5.93. The van der Waals surface area contributed by atoms with Crippen molar-refractivity contribution in [3.8, 4) is 0 Å². The number of rotatable bonds is 10. The van der Waals surface area contributed by atoms with E-state index in [4.69, 9.17) is 34.8 Å². The van der Waals surface area contributed by atoms with Crippen LogP contribution in [0.3, 0.4) is 0 Å². The molecule has 3 aromatic rings. The summed E-state index contributed by atoms with van der Waals surface area (Å²) in [6.45, 7) is 1.42. The molecule has 7 nitrogen and oxygen atoms in total. The van der Waals surface area contributed by atoms with Crippen LogP contribution in [0.15, 0.2) is 66.7 Å². The van der Waals surface area contributed by atoms with Crippen LogP contribution in [0, 0.1) is 6.92 Å². The van der Waals surface area contributed by atoms with Gasteiger partial charge >= 0.3 is 0 Å². The molecule has 0 unspecified atom stereocenters. The lowest BCUT2D eigenvalue weighted by molar-refractivity contribution is -0.139. The summed E-state index contributed by atoms with van der Waals surface area (Å²) < 4.78 is 26.5. The van der Waals surface area contributed by atoms with Crippen molar-refractivity contribution in [2.45, 2.75) is 25.9 Å². The summed E-state index contributed by atoms with van der Waals surface area (Å²) in [5.74, 6) is -0.976. The number of anilines is 1. The monoisotopic (exact) mass is 595 g/mol. The van der Waals surface area contributed by atoms with Crippen molar-refractivity contribution in [1.29, 1.82) is 0 Å². The lowest BCUT2D eigenvalue weighted by Gasteiger charge is -2.33. The van der Waals surface area contributed by atoms with Crippen molar-refractivity contribution in [3.05, 3.63) is 98.5 Å². The second-order valence-electron chi connectivity index (χ2n) is 8.81. The molecule has 0 aliphatic heterocycles. The first-order valence-corrected chi connectivity index (χ1v) is 14.6. The highest BCUT2D eigenvalue weighted by atomic mass is 35.5. The second-order valence-corrected chi connectivity index (χ2v) is 11.9. The zero-order valence-electron chi connectivity index (χ0n) is 21.1. The minimum absolute atomic E-state index is 0.00625. The summed E-state index contributed by atoms with van der Waals surface area (Å²) >= 11 is 18.5. The van der Waals surface area contributed by atoms with E-state index >= 15 is 0 Å². The highest BCUT2D eigenvalue weighted by molar-refractivity contribution is 7.92. The molecule has 0 bridgehead atoms. The minimum Gasteiger partial charge on any atom is -0.357 e. The topological polar surface area (TPSA) is 86.8 Å². The first kappa shape index (κ1) is 29.8. The van der Waals surface area contributed by atoms with Gasteiger partial charge in [0, 0.05) is 20.0 Å². The van der Waals surface area contributed by atoms with Crippen LogP contribution in [0.5, 0.6) is 0 Å². The predicted octanol–water partition coefficient (Wildman–Crippen LogP) is 5.11. The molecule has 3 rings (SSSR count). The number of benzene rings is 3. The fourth-order valence-corrected chi connectivity index (χ4v) is 5.46. The molecular formula is C27H28Cl3N3O4S. The molecule has 0 aromatic heterocycles. The Labute approximate surface area is 238 Å². The number of carbonyl (C=O) groups excluding carboxylic acids is 2. The number of amides is 2. The molecule has 0 aliphatic carbocycles. The van der Waals surface area contributed by atoms with Crippen molar-refractivity contribution >= 4 is 62.3 Å². The van der Waals surface area contributed by atoms with Crippen molar-refractivity contribution in [2.75, 3.05) is 24.2 Å². The van der Waals surface area contributed by atoms with E-state index in [1.165, 1.54) is 24.1 Å². The lowest BCUT2D eigenvalue weighted by Crippen LogP contribution is -2.52. The number of hydrogen-bond acceptors (Lipinski definition) is 4. The van der Waals surface area contributed by atoms with E-state index in [1.807, 2.05) is 61.5 Å². The molecule has 0 heterocycles. The van der Waals surface area contributed by atoms with Gasteiger partial charge in [-0.3, -0.25) is 13.9 Å². The minimum atomic E-state index is -3.99. The van der Waals surface area contributed by atoms with Crippen LogP contribution in [0.25, 0.3) is 0 Å². The van der Waals surface area contributed by atoms with Crippen LogP contribution >= 0.6 is 34.8 Å². The number of aryl methyl sites for hydroxylation is 1. The van der Waals surface area contributed by atoms with E-state index in [9.17, 15) is 18.0 Å². The average molecular weight is 597 g/mol. The maximum atomic E-state index is 13.9. The largest absolute Gasteiger partial charge is 0.357 e. The van der Waals surface area contributed by atoms with Crippen molar-refractivity contribution in [1.82, 2.24) is 10.2 Å². The zero-order valence-corrected chi connectivity index (χ0v) is 24.2. The molecular weight excluding hydrogens is 569 g/mol. The van der Waals surface area contributed by atoms with E-state index in [-0.39, 0.29) is 39.6 Å². The molecule has 1 N–H and O–H groups in total. The Hall–Kier alpha value is -2.78. The van der Waals surface area contributed by atoms with Gasteiger partial charge in [0.1, 0.15) is 12.6 Å². The maximum Gasteiger partial charge on any atom is 0.244 e. The fraction of sp³-hybridized carbons (Fsp3) is 0.259. The number of hydrogen-bond donors (Lipinski definition) is 1. The molecule has 0 saturated carbocycles. The molecule has 0 radical (unpaired) electrons. The molecule has 0 spiro atoms. The maximum absolute atomic E-state index is 13.9. The van der Waals surface area contributed by atoms with E-state index in [0.717, 1.165) is 27.3 Å². The van der Waals surface area contributed by atoms with Gasteiger partial charge in [-0.15, -0.1) is 0 Å². The average Bonchev–Trinajstić information content (AvgIpc) is 2.87. The van der Waals surface area contributed by atoms with E-state index in [2.05, 4.69) is 5.32 Å². The van der Waals surface area contributed by atoms with Crippen LogP contribution in [0.2, 0.25) is 15.1 Å². The molecule has 2 amide bonds. The second kappa shape index (κ2) is 12.8.